The molecular weight excluding hydrogens is 444 g/mol. The van der Waals surface area contributed by atoms with E-state index in [1.54, 1.807) is 12.3 Å². The highest BCUT2D eigenvalue weighted by Crippen LogP contribution is 2.29. The van der Waals surface area contributed by atoms with Crippen molar-refractivity contribution in [2.45, 2.75) is 44.0 Å². The van der Waals surface area contributed by atoms with Gasteiger partial charge in [-0.05, 0) is 42.2 Å². The lowest BCUT2D eigenvalue weighted by molar-refractivity contribution is -0.153. The minimum atomic E-state index is -1.06. The fourth-order valence-electron chi connectivity index (χ4n) is 3.16. The first kappa shape index (κ1) is 24.3. The number of carbonyl (C=O) groups excluding carboxylic acids is 2. The molecule has 1 aromatic heterocycles. The summed E-state index contributed by atoms with van der Waals surface area (Å²) in [5.74, 6) is -1.10. The van der Waals surface area contributed by atoms with E-state index in [1.165, 1.54) is 11.8 Å². The van der Waals surface area contributed by atoms with Crippen molar-refractivity contribution in [3.63, 3.8) is 0 Å². The van der Waals surface area contributed by atoms with Crippen LogP contribution < -0.4 is 10.1 Å². The van der Waals surface area contributed by atoms with Crippen LogP contribution in [0.4, 0.5) is 4.79 Å². The Hall–Kier alpha value is -3.33. The molecule has 1 saturated heterocycles. The monoisotopic (exact) mass is 470 g/mol. The molecule has 8 nitrogen and oxygen atoms in total. The van der Waals surface area contributed by atoms with Crippen LogP contribution in [0.1, 0.15) is 42.7 Å². The Kier molecular flexibility index (Phi) is 8.48. The van der Waals surface area contributed by atoms with Crippen LogP contribution in [0, 0.1) is 0 Å². The topological polar surface area (TPSA) is 115 Å². The van der Waals surface area contributed by atoms with Gasteiger partial charge in [-0.15, -0.1) is 0 Å². The van der Waals surface area contributed by atoms with Gasteiger partial charge in [-0.25, -0.2) is 0 Å². The highest BCUT2D eigenvalue weighted by molar-refractivity contribution is 8.14. The van der Waals surface area contributed by atoms with Gasteiger partial charge in [0.15, 0.2) is 6.10 Å². The van der Waals surface area contributed by atoms with Crippen LogP contribution >= 0.6 is 11.8 Å². The molecule has 174 valence electrons. The summed E-state index contributed by atoms with van der Waals surface area (Å²) in [6.45, 7) is 5.93. The van der Waals surface area contributed by atoms with Crippen molar-refractivity contribution in [1.82, 2.24) is 10.3 Å². The smallest absolute Gasteiger partial charge is 0.307 e. The van der Waals surface area contributed by atoms with E-state index in [-0.39, 0.29) is 29.9 Å². The molecule has 9 heteroatoms. The third-order valence-corrected chi connectivity index (χ3v) is 6.10. The Balaban J connectivity index is 1.62. The Morgan fingerprint density at radius 1 is 1.18 bits per heavy atom. The van der Waals surface area contributed by atoms with Gasteiger partial charge in [-0.3, -0.25) is 19.4 Å². The van der Waals surface area contributed by atoms with Gasteiger partial charge in [0.1, 0.15) is 12.4 Å². The molecule has 2 aromatic rings. The van der Waals surface area contributed by atoms with Gasteiger partial charge in [0.25, 0.3) is 5.24 Å². The summed E-state index contributed by atoms with van der Waals surface area (Å²) >= 11 is 1.23. The lowest BCUT2D eigenvalue weighted by Gasteiger charge is -2.18. The van der Waals surface area contributed by atoms with Crippen LogP contribution in [-0.2, 0) is 27.2 Å². The van der Waals surface area contributed by atoms with Crippen molar-refractivity contribution < 1.29 is 29.0 Å². The molecule has 1 fully saturated rings. The van der Waals surface area contributed by atoms with Gasteiger partial charge in [-0.1, -0.05) is 43.5 Å². The summed E-state index contributed by atoms with van der Waals surface area (Å²) in [6.07, 6.45) is 1.91. The molecule has 1 aliphatic rings. The van der Waals surface area contributed by atoms with Crippen LogP contribution in [-0.4, -0.2) is 39.1 Å². The van der Waals surface area contributed by atoms with E-state index >= 15 is 0 Å². The van der Waals surface area contributed by atoms with Crippen molar-refractivity contribution in [2.24, 2.45) is 0 Å². The highest BCUT2D eigenvalue weighted by atomic mass is 32.2. The number of benzene rings is 1. The average molecular weight is 471 g/mol. The van der Waals surface area contributed by atoms with E-state index in [1.807, 2.05) is 37.3 Å². The van der Waals surface area contributed by atoms with Crippen molar-refractivity contribution in [2.75, 3.05) is 6.61 Å². The maximum atomic E-state index is 12.1. The first-order valence-corrected chi connectivity index (χ1v) is 11.5. The molecular formula is C24H26N2O6S. The van der Waals surface area contributed by atoms with E-state index < -0.39 is 18.0 Å². The Morgan fingerprint density at radius 2 is 1.91 bits per heavy atom. The normalized spacial score (nSPS) is 16.2. The number of ether oxygens (including phenoxy) is 2. The first-order valence-electron chi connectivity index (χ1n) is 10.6. The Labute approximate surface area is 196 Å². The van der Waals surface area contributed by atoms with Gasteiger partial charge in [-0.2, -0.15) is 0 Å². The van der Waals surface area contributed by atoms with Crippen molar-refractivity contribution in [3.05, 3.63) is 71.7 Å². The number of aliphatic carboxylic acids is 1. The Morgan fingerprint density at radius 3 is 2.48 bits per heavy atom. The number of nitrogens with zero attached hydrogens (tertiary/aromatic N) is 1. The maximum absolute atomic E-state index is 12.1. The number of aryl methyl sites for hydroxylation is 1. The van der Waals surface area contributed by atoms with Gasteiger partial charge < -0.3 is 19.9 Å². The van der Waals surface area contributed by atoms with E-state index in [9.17, 15) is 14.4 Å². The predicted molar refractivity (Wildman–Crippen MR) is 124 cm³/mol. The number of amides is 1. The zero-order valence-corrected chi connectivity index (χ0v) is 19.1. The number of hydrogen-bond donors (Lipinski definition) is 2. The van der Waals surface area contributed by atoms with E-state index in [0.717, 1.165) is 17.5 Å². The molecule has 33 heavy (non-hydrogen) atoms. The number of hydrogen-bond acceptors (Lipinski definition) is 7. The summed E-state index contributed by atoms with van der Waals surface area (Å²) in [5.41, 5.74) is 3.32. The SMILES string of the molecule is C=C1NC(=O)SC1Cc1ccc(OC[C@H](OC(=O)CCC(=O)O)c2ccc(CC)cn2)cc1. The second kappa shape index (κ2) is 11.5. The molecule has 0 radical (unpaired) electrons. The summed E-state index contributed by atoms with van der Waals surface area (Å²) in [7, 11) is 0. The lowest BCUT2D eigenvalue weighted by Crippen LogP contribution is -2.19. The number of nitrogens with one attached hydrogen (secondary N) is 1. The van der Waals surface area contributed by atoms with E-state index in [0.29, 0.717) is 23.6 Å². The molecule has 3 rings (SSSR count). The van der Waals surface area contributed by atoms with Crippen molar-refractivity contribution >= 4 is 28.9 Å². The predicted octanol–water partition coefficient (Wildman–Crippen LogP) is 4.05. The fraction of sp³-hybridized carbons (Fsp3) is 0.333. The number of pyridine rings is 1. The molecule has 1 aliphatic heterocycles. The van der Waals surface area contributed by atoms with E-state index in [2.05, 4.69) is 16.9 Å². The fourth-order valence-corrected chi connectivity index (χ4v) is 4.08. The highest BCUT2D eigenvalue weighted by Gasteiger charge is 2.26. The number of aromatic nitrogens is 1. The van der Waals surface area contributed by atoms with Crippen LogP contribution in [0.25, 0.3) is 0 Å². The molecule has 1 aromatic carbocycles. The summed E-state index contributed by atoms with van der Waals surface area (Å²) in [6, 6.07) is 11.1. The zero-order valence-electron chi connectivity index (χ0n) is 18.3. The minimum Gasteiger partial charge on any atom is -0.489 e. The van der Waals surface area contributed by atoms with Gasteiger partial charge in [0.2, 0.25) is 0 Å². The molecule has 1 amide bonds. The third-order valence-electron chi connectivity index (χ3n) is 5.05. The quantitative estimate of drug-likeness (QED) is 0.473. The number of rotatable bonds is 11. The number of carboxylic acids is 1. The molecule has 0 saturated carbocycles. The molecule has 2 heterocycles. The lowest BCUT2D eigenvalue weighted by atomic mass is 10.1. The van der Waals surface area contributed by atoms with Crippen LogP contribution in [0.5, 0.6) is 5.75 Å². The standard InChI is InChI=1S/C24H26N2O6S/c1-3-16-6-9-19(25-13-16)20(32-23(29)11-10-22(27)28)14-31-18-7-4-17(5-8-18)12-21-15(2)26-24(30)33-21/h4-9,13,20-21H,2-3,10-12,14H2,1H3,(H,26,30)(H,27,28)/t20-,21?/m0/s1. The first-order chi connectivity index (χ1) is 15.8. The number of esters is 1. The summed E-state index contributed by atoms with van der Waals surface area (Å²) in [4.78, 5) is 38.7. The van der Waals surface area contributed by atoms with E-state index in [4.69, 9.17) is 14.6 Å². The molecule has 2 atom stereocenters. The molecule has 0 bridgehead atoms. The van der Waals surface area contributed by atoms with Crippen molar-refractivity contribution in [3.8, 4) is 5.75 Å². The molecule has 2 N–H and O–H groups in total. The number of carbonyl (C=O) groups is 3. The van der Waals surface area contributed by atoms with Crippen LogP contribution in [0.15, 0.2) is 54.9 Å². The summed E-state index contributed by atoms with van der Waals surface area (Å²) in [5, 5.41) is 11.4. The molecule has 0 spiro atoms. The van der Waals surface area contributed by atoms with Crippen LogP contribution in [0.2, 0.25) is 0 Å². The Bertz CT molecular complexity index is 1010. The maximum Gasteiger partial charge on any atom is 0.307 e. The average Bonchev–Trinajstić information content (AvgIpc) is 3.12. The molecule has 1 unspecified atom stereocenters. The number of thioether (sulfide) groups is 1. The number of carboxylic acid groups (broad SMARTS) is 1. The van der Waals surface area contributed by atoms with Gasteiger partial charge in [0, 0.05) is 11.9 Å². The molecule has 0 aliphatic carbocycles. The van der Waals surface area contributed by atoms with Crippen LogP contribution in [0.3, 0.4) is 0 Å². The minimum absolute atomic E-state index is 0.00368. The zero-order chi connectivity index (χ0) is 23.8. The van der Waals surface area contributed by atoms with Gasteiger partial charge >= 0.3 is 11.9 Å². The largest absolute Gasteiger partial charge is 0.489 e. The van der Waals surface area contributed by atoms with Gasteiger partial charge in [0.05, 0.1) is 23.8 Å². The summed E-state index contributed by atoms with van der Waals surface area (Å²) < 4.78 is 11.3. The van der Waals surface area contributed by atoms with Crippen molar-refractivity contribution in [1.29, 1.82) is 0 Å². The second-order valence-corrected chi connectivity index (χ2v) is 8.70. The second-order valence-electron chi connectivity index (χ2n) is 7.52. The third kappa shape index (κ3) is 7.35.